The summed E-state index contributed by atoms with van der Waals surface area (Å²) in [6.45, 7) is 2.30. The van der Waals surface area contributed by atoms with Crippen molar-refractivity contribution in [2.45, 2.75) is 45.3 Å². The minimum Gasteiger partial charge on any atom is -0.489 e. The van der Waals surface area contributed by atoms with Crippen molar-refractivity contribution in [3.8, 4) is 5.75 Å². The van der Waals surface area contributed by atoms with E-state index in [-0.39, 0.29) is 11.9 Å². The second-order valence-electron chi connectivity index (χ2n) is 7.97. The highest BCUT2D eigenvalue weighted by Crippen LogP contribution is 2.37. The summed E-state index contributed by atoms with van der Waals surface area (Å²) in [4.78, 5) is 27.6. The fraction of sp³-hybridized carbons (Fsp3) is 0.308. The monoisotopic (exact) mass is 417 g/mol. The van der Waals surface area contributed by atoms with Gasteiger partial charge >= 0.3 is 5.97 Å². The SMILES string of the molecule is COC(=O)C1=C(C)N(C2CCCC2)C(=O)C1=Cc1cccc(OCc2ccccc2)c1. The molecule has 0 aromatic heterocycles. The Balaban J connectivity index is 1.61. The highest BCUT2D eigenvalue weighted by Gasteiger charge is 2.41. The first kappa shape index (κ1) is 20.9. The Labute approximate surface area is 183 Å². The van der Waals surface area contributed by atoms with Crippen LogP contribution in [0.25, 0.3) is 6.08 Å². The van der Waals surface area contributed by atoms with E-state index in [0.29, 0.717) is 29.2 Å². The molecule has 1 amide bonds. The zero-order valence-corrected chi connectivity index (χ0v) is 18.0. The van der Waals surface area contributed by atoms with E-state index in [1.807, 2.05) is 61.5 Å². The largest absolute Gasteiger partial charge is 0.489 e. The normalized spacial score (nSPS) is 18.2. The third-order valence-electron chi connectivity index (χ3n) is 5.94. The molecule has 1 aliphatic heterocycles. The molecule has 0 saturated heterocycles. The van der Waals surface area contributed by atoms with Crippen LogP contribution in [0, 0.1) is 0 Å². The van der Waals surface area contributed by atoms with E-state index >= 15 is 0 Å². The highest BCUT2D eigenvalue weighted by molar-refractivity contribution is 6.16. The average Bonchev–Trinajstić information content (AvgIpc) is 3.39. The average molecular weight is 418 g/mol. The van der Waals surface area contributed by atoms with Gasteiger partial charge in [-0.1, -0.05) is 55.3 Å². The summed E-state index contributed by atoms with van der Waals surface area (Å²) in [5.74, 6) is 0.103. The lowest BCUT2D eigenvalue weighted by molar-refractivity contribution is -0.136. The molecule has 0 radical (unpaired) electrons. The first-order chi connectivity index (χ1) is 15.1. The minimum atomic E-state index is -0.478. The van der Waals surface area contributed by atoms with Gasteiger partial charge in [0.25, 0.3) is 5.91 Å². The second-order valence-corrected chi connectivity index (χ2v) is 7.97. The molecule has 1 saturated carbocycles. The Morgan fingerprint density at radius 2 is 1.84 bits per heavy atom. The van der Waals surface area contributed by atoms with Gasteiger partial charge in [0.2, 0.25) is 0 Å². The molecular weight excluding hydrogens is 390 g/mol. The molecule has 1 fully saturated rings. The Kier molecular flexibility index (Phi) is 6.21. The number of amides is 1. The zero-order valence-electron chi connectivity index (χ0n) is 18.0. The number of nitrogens with zero attached hydrogens (tertiary/aromatic N) is 1. The van der Waals surface area contributed by atoms with Gasteiger partial charge in [0.05, 0.1) is 18.3 Å². The molecule has 1 aliphatic carbocycles. The number of rotatable bonds is 6. The fourth-order valence-corrected chi connectivity index (χ4v) is 4.40. The van der Waals surface area contributed by atoms with Crippen molar-refractivity contribution in [2.75, 3.05) is 7.11 Å². The van der Waals surface area contributed by atoms with E-state index in [2.05, 4.69) is 0 Å². The van der Waals surface area contributed by atoms with Gasteiger partial charge in [0.1, 0.15) is 12.4 Å². The number of esters is 1. The van der Waals surface area contributed by atoms with Crippen LogP contribution in [0.15, 0.2) is 71.4 Å². The van der Waals surface area contributed by atoms with Crippen LogP contribution in [0.5, 0.6) is 5.75 Å². The number of benzene rings is 2. The number of carbonyl (C=O) groups is 2. The molecule has 2 aliphatic rings. The quantitative estimate of drug-likeness (QED) is 0.497. The summed E-state index contributed by atoms with van der Waals surface area (Å²) in [5, 5.41) is 0. The molecule has 0 N–H and O–H groups in total. The number of ether oxygens (including phenoxy) is 2. The number of allylic oxidation sites excluding steroid dienone is 1. The van der Waals surface area contributed by atoms with E-state index in [0.717, 1.165) is 36.8 Å². The van der Waals surface area contributed by atoms with Crippen molar-refractivity contribution in [2.24, 2.45) is 0 Å². The standard InChI is InChI=1S/C26H27NO4/c1-18-24(26(29)30-2)23(25(28)27(18)21-12-6-7-13-21)16-20-11-8-14-22(15-20)31-17-19-9-4-3-5-10-19/h3-5,8-11,14-16,21H,6-7,12-13,17H2,1-2H3. The van der Waals surface area contributed by atoms with Crippen LogP contribution < -0.4 is 4.74 Å². The molecule has 0 bridgehead atoms. The molecule has 0 spiro atoms. The summed E-state index contributed by atoms with van der Waals surface area (Å²) in [6.07, 6.45) is 5.91. The molecule has 160 valence electrons. The fourth-order valence-electron chi connectivity index (χ4n) is 4.40. The molecule has 31 heavy (non-hydrogen) atoms. The first-order valence-electron chi connectivity index (χ1n) is 10.7. The van der Waals surface area contributed by atoms with Gasteiger partial charge in [0, 0.05) is 11.7 Å². The molecule has 1 heterocycles. The zero-order chi connectivity index (χ0) is 21.8. The maximum atomic E-state index is 13.3. The lowest BCUT2D eigenvalue weighted by Crippen LogP contribution is -2.34. The van der Waals surface area contributed by atoms with Gasteiger partial charge in [-0.2, -0.15) is 0 Å². The maximum Gasteiger partial charge on any atom is 0.340 e. The first-order valence-corrected chi connectivity index (χ1v) is 10.7. The molecule has 5 nitrogen and oxygen atoms in total. The van der Waals surface area contributed by atoms with Crippen LogP contribution in [0.2, 0.25) is 0 Å². The maximum absolute atomic E-state index is 13.3. The summed E-state index contributed by atoms with van der Waals surface area (Å²) in [5.41, 5.74) is 3.31. The Bertz CT molecular complexity index is 1030. The van der Waals surface area contributed by atoms with Gasteiger partial charge in [-0.25, -0.2) is 4.79 Å². The number of hydrogen-bond acceptors (Lipinski definition) is 4. The summed E-state index contributed by atoms with van der Waals surface area (Å²) in [7, 11) is 1.35. The number of hydrogen-bond donors (Lipinski definition) is 0. The minimum absolute atomic E-state index is 0.125. The van der Waals surface area contributed by atoms with Crippen LogP contribution >= 0.6 is 0 Å². The van der Waals surface area contributed by atoms with Crippen molar-refractivity contribution in [1.82, 2.24) is 4.90 Å². The van der Waals surface area contributed by atoms with E-state index in [9.17, 15) is 9.59 Å². The van der Waals surface area contributed by atoms with Crippen molar-refractivity contribution in [1.29, 1.82) is 0 Å². The van der Waals surface area contributed by atoms with Crippen molar-refractivity contribution >= 4 is 18.0 Å². The highest BCUT2D eigenvalue weighted by atomic mass is 16.5. The molecule has 0 unspecified atom stereocenters. The van der Waals surface area contributed by atoms with Crippen LogP contribution in [0.1, 0.15) is 43.7 Å². The van der Waals surface area contributed by atoms with Crippen LogP contribution in [-0.2, 0) is 20.9 Å². The molecular formula is C26H27NO4. The summed E-state index contributed by atoms with van der Waals surface area (Å²) in [6, 6.07) is 17.6. The van der Waals surface area contributed by atoms with Crippen molar-refractivity contribution in [3.05, 3.63) is 82.6 Å². The van der Waals surface area contributed by atoms with Gasteiger partial charge in [-0.05, 0) is 49.1 Å². The van der Waals surface area contributed by atoms with Gasteiger partial charge in [0.15, 0.2) is 0 Å². The smallest absolute Gasteiger partial charge is 0.340 e. The molecule has 0 atom stereocenters. The Morgan fingerprint density at radius 3 is 2.55 bits per heavy atom. The Hall–Kier alpha value is -3.34. The van der Waals surface area contributed by atoms with E-state index < -0.39 is 5.97 Å². The van der Waals surface area contributed by atoms with E-state index in [4.69, 9.17) is 9.47 Å². The second kappa shape index (κ2) is 9.21. The van der Waals surface area contributed by atoms with Crippen molar-refractivity contribution in [3.63, 3.8) is 0 Å². The third-order valence-corrected chi connectivity index (χ3v) is 5.94. The molecule has 2 aromatic rings. The topological polar surface area (TPSA) is 55.8 Å². The van der Waals surface area contributed by atoms with Crippen LogP contribution in [-0.4, -0.2) is 29.9 Å². The van der Waals surface area contributed by atoms with Gasteiger partial charge in [-0.3, -0.25) is 4.79 Å². The van der Waals surface area contributed by atoms with Crippen LogP contribution in [0.3, 0.4) is 0 Å². The molecule has 2 aromatic carbocycles. The van der Waals surface area contributed by atoms with Gasteiger partial charge < -0.3 is 14.4 Å². The van der Waals surface area contributed by atoms with Crippen molar-refractivity contribution < 1.29 is 19.1 Å². The van der Waals surface area contributed by atoms with E-state index in [1.54, 1.807) is 11.0 Å². The summed E-state index contributed by atoms with van der Waals surface area (Å²) >= 11 is 0. The van der Waals surface area contributed by atoms with Crippen LogP contribution in [0.4, 0.5) is 0 Å². The third kappa shape index (κ3) is 4.41. The summed E-state index contributed by atoms with van der Waals surface area (Å²) < 4.78 is 10.9. The lowest BCUT2D eigenvalue weighted by atomic mass is 10.0. The predicted octanol–water partition coefficient (Wildman–Crippen LogP) is 4.88. The number of methoxy groups -OCH3 is 1. The predicted molar refractivity (Wildman–Crippen MR) is 119 cm³/mol. The molecule has 4 rings (SSSR count). The van der Waals surface area contributed by atoms with Gasteiger partial charge in [-0.15, -0.1) is 0 Å². The lowest BCUT2D eigenvalue weighted by Gasteiger charge is -2.25. The molecule has 5 heteroatoms. The Morgan fingerprint density at radius 1 is 1.10 bits per heavy atom. The van der Waals surface area contributed by atoms with E-state index in [1.165, 1.54) is 7.11 Å². The number of carbonyl (C=O) groups excluding carboxylic acids is 2.